The quantitative estimate of drug-likeness (QED) is 0.276. The van der Waals surface area contributed by atoms with Gasteiger partial charge in [0, 0.05) is 6.42 Å². The molecule has 0 aromatic heterocycles. The van der Waals surface area contributed by atoms with E-state index in [1.807, 2.05) is 61.5 Å². The summed E-state index contributed by atoms with van der Waals surface area (Å²) >= 11 is 0. The van der Waals surface area contributed by atoms with Crippen LogP contribution in [-0.2, 0) is 16.1 Å². The van der Waals surface area contributed by atoms with E-state index in [0.717, 1.165) is 29.7 Å². The van der Waals surface area contributed by atoms with Gasteiger partial charge in [-0.05, 0) is 36.6 Å². The number of carbonyl (C=O) groups excluding carboxylic acids is 1. The van der Waals surface area contributed by atoms with Crippen LogP contribution in [0.2, 0.25) is 0 Å². The standard InChI is InChI=1S/C25H34O3/c1-3-4-5-6-7-8-12-15-25(26)28-21(2)23-16-18-24(19-17-23)27-20-22-13-10-9-11-14-22/h9-11,13-14,16-19,21H,3-8,12,15,20H2,1-2H3/t21-/m0/s1. The molecule has 3 heteroatoms. The molecule has 28 heavy (non-hydrogen) atoms. The minimum atomic E-state index is -0.236. The van der Waals surface area contributed by atoms with Gasteiger partial charge in [0.05, 0.1) is 0 Å². The Morgan fingerprint density at radius 3 is 2.18 bits per heavy atom. The zero-order valence-electron chi connectivity index (χ0n) is 17.4. The minimum absolute atomic E-state index is 0.106. The zero-order chi connectivity index (χ0) is 20.0. The lowest BCUT2D eigenvalue weighted by atomic mass is 10.1. The van der Waals surface area contributed by atoms with Crippen LogP contribution >= 0.6 is 0 Å². The van der Waals surface area contributed by atoms with Crippen LogP contribution in [0.3, 0.4) is 0 Å². The van der Waals surface area contributed by atoms with Crippen molar-refractivity contribution in [3.05, 3.63) is 65.7 Å². The molecule has 2 rings (SSSR count). The molecule has 0 aliphatic heterocycles. The molecule has 0 aliphatic rings. The van der Waals surface area contributed by atoms with Crippen molar-refractivity contribution < 1.29 is 14.3 Å². The van der Waals surface area contributed by atoms with Gasteiger partial charge in [0.2, 0.25) is 0 Å². The van der Waals surface area contributed by atoms with Gasteiger partial charge in [0.25, 0.3) is 0 Å². The molecule has 0 saturated heterocycles. The summed E-state index contributed by atoms with van der Waals surface area (Å²) in [6, 6.07) is 17.9. The van der Waals surface area contributed by atoms with Crippen molar-refractivity contribution in [3.8, 4) is 5.75 Å². The maximum Gasteiger partial charge on any atom is 0.306 e. The Kier molecular flexibility index (Phi) is 10.2. The van der Waals surface area contributed by atoms with Crippen LogP contribution in [0.15, 0.2) is 54.6 Å². The molecule has 0 amide bonds. The van der Waals surface area contributed by atoms with Gasteiger partial charge in [-0.15, -0.1) is 0 Å². The Balaban J connectivity index is 1.66. The maximum atomic E-state index is 12.0. The Labute approximate surface area is 170 Å². The average molecular weight is 383 g/mol. The first-order chi connectivity index (χ1) is 13.7. The fourth-order valence-electron chi connectivity index (χ4n) is 3.13. The summed E-state index contributed by atoms with van der Waals surface area (Å²) in [6.45, 7) is 4.69. The van der Waals surface area contributed by atoms with Gasteiger partial charge >= 0.3 is 5.97 Å². The maximum absolute atomic E-state index is 12.0. The molecular formula is C25H34O3. The second-order valence-electron chi connectivity index (χ2n) is 7.35. The third-order valence-electron chi connectivity index (χ3n) is 4.89. The van der Waals surface area contributed by atoms with Gasteiger partial charge in [-0.1, -0.05) is 87.9 Å². The molecular weight excluding hydrogens is 348 g/mol. The van der Waals surface area contributed by atoms with Crippen LogP contribution in [0.4, 0.5) is 0 Å². The number of hydrogen-bond acceptors (Lipinski definition) is 3. The van der Waals surface area contributed by atoms with E-state index in [1.54, 1.807) is 0 Å². The molecule has 0 radical (unpaired) electrons. The SMILES string of the molecule is CCCCCCCCCC(=O)O[C@@H](C)c1ccc(OCc2ccccc2)cc1. The molecule has 2 aromatic rings. The Bertz CT molecular complexity index is 664. The van der Waals surface area contributed by atoms with Crippen LogP contribution in [0.5, 0.6) is 5.75 Å². The predicted molar refractivity (Wildman–Crippen MR) is 114 cm³/mol. The van der Waals surface area contributed by atoms with E-state index >= 15 is 0 Å². The molecule has 1 atom stereocenters. The highest BCUT2D eigenvalue weighted by Crippen LogP contribution is 2.22. The van der Waals surface area contributed by atoms with E-state index in [2.05, 4.69) is 6.92 Å². The zero-order valence-corrected chi connectivity index (χ0v) is 17.4. The summed E-state index contributed by atoms with van der Waals surface area (Å²) in [5.74, 6) is 0.708. The minimum Gasteiger partial charge on any atom is -0.489 e. The monoisotopic (exact) mass is 382 g/mol. The molecule has 0 spiro atoms. The summed E-state index contributed by atoms with van der Waals surface area (Å²) in [5.41, 5.74) is 2.12. The Morgan fingerprint density at radius 1 is 0.857 bits per heavy atom. The molecule has 0 bridgehead atoms. The molecule has 2 aromatic carbocycles. The van der Waals surface area contributed by atoms with Crippen molar-refractivity contribution in [1.82, 2.24) is 0 Å². The molecule has 0 saturated carbocycles. The summed E-state index contributed by atoms with van der Waals surface area (Å²) in [4.78, 5) is 12.0. The van der Waals surface area contributed by atoms with Crippen molar-refractivity contribution in [2.75, 3.05) is 0 Å². The van der Waals surface area contributed by atoms with Gasteiger partial charge in [-0.2, -0.15) is 0 Å². The summed E-state index contributed by atoms with van der Waals surface area (Å²) < 4.78 is 11.4. The van der Waals surface area contributed by atoms with E-state index in [9.17, 15) is 4.79 Å². The van der Waals surface area contributed by atoms with Gasteiger partial charge < -0.3 is 9.47 Å². The molecule has 152 valence electrons. The summed E-state index contributed by atoms with van der Waals surface area (Å²) in [6.07, 6.45) is 8.69. The highest BCUT2D eigenvalue weighted by atomic mass is 16.5. The number of carbonyl (C=O) groups is 1. The topological polar surface area (TPSA) is 35.5 Å². The van der Waals surface area contributed by atoms with Crippen molar-refractivity contribution in [3.63, 3.8) is 0 Å². The van der Waals surface area contributed by atoms with Crippen molar-refractivity contribution in [2.24, 2.45) is 0 Å². The number of rotatable bonds is 13. The molecule has 3 nitrogen and oxygen atoms in total. The largest absolute Gasteiger partial charge is 0.489 e. The van der Waals surface area contributed by atoms with Gasteiger partial charge in [0.1, 0.15) is 18.5 Å². The fourth-order valence-corrected chi connectivity index (χ4v) is 3.13. The average Bonchev–Trinajstić information content (AvgIpc) is 2.72. The lowest BCUT2D eigenvalue weighted by molar-refractivity contribution is -0.148. The highest BCUT2D eigenvalue weighted by Gasteiger charge is 2.11. The van der Waals surface area contributed by atoms with Gasteiger partial charge in [-0.25, -0.2) is 0 Å². The van der Waals surface area contributed by atoms with Crippen molar-refractivity contribution in [2.45, 2.75) is 77.9 Å². The fraction of sp³-hybridized carbons (Fsp3) is 0.480. The Morgan fingerprint density at radius 2 is 1.50 bits per heavy atom. The molecule has 0 N–H and O–H groups in total. The number of ether oxygens (including phenoxy) is 2. The van der Waals surface area contributed by atoms with Crippen molar-refractivity contribution in [1.29, 1.82) is 0 Å². The van der Waals surface area contributed by atoms with Crippen LogP contribution in [0, 0.1) is 0 Å². The third kappa shape index (κ3) is 8.60. The van der Waals surface area contributed by atoms with Crippen LogP contribution in [0.25, 0.3) is 0 Å². The second kappa shape index (κ2) is 13.0. The Hall–Kier alpha value is -2.29. The smallest absolute Gasteiger partial charge is 0.306 e. The number of unbranched alkanes of at least 4 members (excludes halogenated alkanes) is 6. The number of benzene rings is 2. The lowest BCUT2D eigenvalue weighted by Crippen LogP contribution is -2.08. The van der Waals surface area contributed by atoms with E-state index < -0.39 is 0 Å². The van der Waals surface area contributed by atoms with Crippen LogP contribution in [0.1, 0.15) is 82.4 Å². The molecule has 0 fully saturated rings. The van der Waals surface area contributed by atoms with Gasteiger partial charge in [-0.3, -0.25) is 4.79 Å². The molecule has 0 unspecified atom stereocenters. The van der Waals surface area contributed by atoms with Crippen LogP contribution < -0.4 is 4.74 Å². The van der Waals surface area contributed by atoms with E-state index in [4.69, 9.17) is 9.47 Å². The first-order valence-corrected chi connectivity index (χ1v) is 10.6. The third-order valence-corrected chi connectivity index (χ3v) is 4.89. The predicted octanol–water partition coefficient (Wildman–Crippen LogP) is 7.01. The normalized spacial score (nSPS) is 11.8. The summed E-state index contributed by atoms with van der Waals surface area (Å²) in [5, 5.41) is 0. The van der Waals surface area contributed by atoms with E-state index in [-0.39, 0.29) is 12.1 Å². The van der Waals surface area contributed by atoms with Gasteiger partial charge in [0.15, 0.2) is 0 Å². The second-order valence-corrected chi connectivity index (χ2v) is 7.35. The van der Waals surface area contributed by atoms with Crippen molar-refractivity contribution >= 4 is 5.97 Å². The lowest BCUT2D eigenvalue weighted by Gasteiger charge is -2.14. The number of esters is 1. The van der Waals surface area contributed by atoms with Crippen LogP contribution in [-0.4, -0.2) is 5.97 Å². The molecule has 0 heterocycles. The van der Waals surface area contributed by atoms with E-state index in [1.165, 1.54) is 32.1 Å². The first-order valence-electron chi connectivity index (χ1n) is 10.6. The molecule has 0 aliphatic carbocycles. The summed E-state index contributed by atoms with van der Waals surface area (Å²) in [7, 11) is 0. The van der Waals surface area contributed by atoms with E-state index in [0.29, 0.717) is 13.0 Å². The number of hydrogen-bond donors (Lipinski definition) is 0. The first kappa shape index (κ1) is 22.0. The highest BCUT2D eigenvalue weighted by molar-refractivity contribution is 5.69.